The zero-order valence-electron chi connectivity index (χ0n) is 12.2. The smallest absolute Gasteiger partial charge is 0.306 e. The van der Waals surface area contributed by atoms with E-state index in [1.54, 1.807) is 19.3 Å². The summed E-state index contributed by atoms with van der Waals surface area (Å²) in [6.07, 6.45) is 2.75. The fourth-order valence-corrected chi connectivity index (χ4v) is 2.69. The van der Waals surface area contributed by atoms with E-state index in [0.717, 1.165) is 5.56 Å². The van der Waals surface area contributed by atoms with Crippen molar-refractivity contribution in [3.05, 3.63) is 29.3 Å². The second-order valence-electron chi connectivity index (χ2n) is 5.51. The van der Waals surface area contributed by atoms with E-state index in [2.05, 4.69) is 5.32 Å². The molecule has 22 heavy (non-hydrogen) atoms. The van der Waals surface area contributed by atoms with Crippen molar-refractivity contribution in [3.63, 3.8) is 0 Å². The normalized spacial score (nSPS) is 22.5. The second-order valence-corrected chi connectivity index (χ2v) is 5.51. The topological polar surface area (TPSA) is 84.9 Å². The first-order valence-electron chi connectivity index (χ1n) is 7.12. The van der Waals surface area contributed by atoms with E-state index in [9.17, 15) is 9.59 Å². The monoisotopic (exact) mass is 303 g/mol. The number of carboxylic acid groups (broad SMARTS) is 1. The number of rotatable bonds is 4. The van der Waals surface area contributed by atoms with Gasteiger partial charge in [-0.2, -0.15) is 0 Å². The van der Waals surface area contributed by atoms with Crippen LogP contribution in [-0.2, 0) is 9.59 Å². The van der Waals surface area contributed by atoms with Gasteiger partial charge in [-0.1, -0.05) is 12.1 Å². The fourth-order valence-electron chi connectivity index (χ4n) is 2.69. The zero-order valence-corrected chi connectivity index (χ0v) is 12.2. The molecule has 1 saturated carbocycles. The predicted octanol–water partition coefficient (Wildman–Crippen LogP) is 1.45. The van der Waals surface area contributed by atoms with Crippen molar-refractivity contribution in [3.8, 4) is 11.5 Å². The van der Waals surface area contributed by atoms with Crippen molar-refractivity contribution in [2.24, 2.45) is 5.92 Å². The van der Waals surface area contributed by atoms with Crippen LogP contribution < -0.4 is 14.8 Å². The Morgan fingerprint density at radius 2 is 2.14 bits per heavy atom. The molecule has 0 unspecified atom stereocenters. The molecule has 1 aromatic rings. The second kappa shape index (κ2) is 5.71. The van der Waals surface area contributed by atoms with Crippen LogP contribution in [0.25, 0.3) is 6.08 Å². The highest BCUT2D eigenvalue weighted by Crippen LogP contribution is 2.35. The van der Waals surface area contributed by atoms with Crippen molar-refractivity contribution in [1.29, 1.82) is 0 Å². The van der Waals surface area contributed by atoms with Crippen molar-refractivity contribution in [2.45, 2.75) is 18.9 Å². The summed E-state index contributed by atoms with van der Waals surface area (Å²) in [5.74, 6) is -0.0754. The summed E-state index contributed by atoms with van der Waals surface area (Å²) >= 11 is 0. The highest BCUT2D eigenvalue weighted by Gasteiger charge is 2.35. The van der Waals surface area contributed by atoms with E-state index >= 15 is 0 Å². The fraction of sp³-hybridized carbons (Fsp3) is 0.375. The van der Waals surface area contributed by atoms with Crippen LogP contribution in [0, 0.1) is 5.92 Å². The van der Waals surface area contributed by atoms with Crippen molar-refractivity contribution in [2.75, 3.05) is 13.7 Å². The number of hydrogen-bond acceptors (Lipinski definition) is 4. The molecule has 1 amide bonds. The first kappa shape index (κ1) is 14.4. The molecular weight excluding hydrogens is 286 g/mol. The van der Waals surface area contributed by atoms with E-state index in [1.807, 2.05) is 12.1 Å². The SMILES string of the molecule is COc1cccc2c1OCC(C(=O)NC1CC(C(=O)O)C1)=C2. The van der Waals surface area contributed by atoms with Crippen LogP contribution >= 0.6 is 0 Å². The number of carboxylic acids is 1. The molecule has 1 fully saturated rings. The molecule has 1 aliphatic carbocycles. The van der Waals surface area contributed by atoms with Crippen LogP contribution in [0.2, 0.25) is 0 Å². The minimum Gasteiger partial charge on any atom is -0.493 e. The molecule has 6 nitrogen and oxygen atoms in total. The van der Waals surface area contributed by atoms with Gasteiger partial charge in [0.05, 0.1) is 18.6 Å². The van der Waals surface area contributed by atoms with Gasteiger partial charge in [0.15, 0.2) is 11.5 Å². The van der Waals surface area contributed by atoms with Gasteiger partial charge in [-0.05, 0) is 25.0 Å². The van der Waals surface area contributed by atoms with Gasteiger partial charge in [-0.3, -0.25) is 9.59 Å². The van der Waals surface area contributed by atoms with Crippen LogP contribution in [0.15, 0.2) is 23.8 Å². The van der Waals surface area contributed by atoms with E-state index in [-0.39, 0.29) is 24.5 Å². The molecule has 3 rings (SSSR count). The van der Waals surface area contributed by atoms with Gasteiger partial charge in [0.1, 0.15) is 6.61 Å². The third kappa shape index (κ3) is 2.64. The van der Waals surface area contributed by atoms with E-state index in [1.165, 1.54) is 0 Å². The van der Waals surface area contributed by atoms with Gasteiger partial charge in [0, 0.05) is 11.6 Å². The van der Waals surface area contributed by atoms with Crippen molar-refractivity contribution >= 4 is 18.0 Å². The highest BCUT2D eigenvalue weighted by atomic mass is 16.5. The minimum absolute atomic E-state index is 0.0683. The largest absolute Gasteiger partial charge is 0.493 e. The molecule has 0 atom stereocenters. The summed E-state index contributed by atoms with van der Waals surface area (Å²) < 4.78 is 10.8. The number of amides is 1. The van der Waals surface area contributed by atoms with Gasteiger partial charge < -0.3 is 19.9 Å². The number of aliphatic carboxylic acids is 1. The third-order valence-corrected chi connectivity index (χ3v) is 4.05. The van der Waals surface area contributed by atoms with Gasteiger partial charge in [0.25, 0.3) is 5.91 Å². The standard InChI is InChI=1S/C16H17NO5/c1-21-13-4-2-3-9-5-11(8-22-14(9)13)15(18)17-12-6-10(7-12)16(19)20/h2-5,10,12H,6-8H2,1H3,(H,17,18)(H,19,20). The molecule has 6 heteroatoms. The number of carbonyl (C=O) groups is 2. The van der Waals surface area contributed by atoms with Gasteiger partial charge >= 0.3 is 5.97 Å². The summed E-state index contributed by atoms with van der Waals surface area (Å²) in [4.78, 5) is 23.0. The number of carbonyl (C=O) groups excluding carboxylic acids is 1. The molecule has 0 bridgehead atoms. The molecule has 0 aromatic heterocycles. The van der Waals surface area contributed by atoms with Crippen molar-refractivity contribution < 1.29 is 24.2 Å². The Hall–Kier alpha value is -2.50. The molecule has 116 valence electrons. The maximum Gasteiger partial charge on any atom is 0.306 e. The zero-order chi connectivity index (χ0) is 15.7. The Bertz CT molecular complexity index is 646. The number of fused-ring (bicyclic) bond motifs is 1. The Balaban J connectivity index is 1.67. The van der Waals surface area contributed by atoms with E-state index < -0.39 is 5.97 Å². The van der Waals surface area contributed by atoms with E-state index in [4.69, 9.17) is 14.6 Å². The van der Waals surface area contributed by atoms with Gasteiger partial charge in [-0.25, -0.2) is 0 Å². The molecule has 0 radical (unpaired) electrons. The molecule has 1 aliphatic heterocycles. The minimum atomic E-state index is -0.799. The number of hydrogen-bond donors (Lipinski definition) is 2. The number of methoxy groups -OCH3 is 1. The van der Waals surface area contributed by atoms with Crippen LogP contribution in [0.1, 0.15) is 18.4 Å². The first-order chi connectivity index (χ1) is 10.6. The molecule has 1 heterocycles. The summed E-state index contributed by atoms with van der Waals surface area (Å²) in [6.45, 7) is 0.175. The van der Waals surface area contributed by atoms with Gasteiger partial charge in [-0.15, -0.1) is 0 Å². The Morgan fingerprint density at radius 3 is 2.82 bits per heavy atom. The molecule has 0 spiro atoms. The molecule has 1 aromatic carbocycles. The van der Waals surface area contributed by atoms with Crippen LogP contribution in [0.3, 0.4) is 0 Å². The van der Waals surface area contributed by atoms with Crippen LogP contribution in [0.4, 0.5) is 0 Å². The Morgan fingerprint density at radius 1 is 1.36 bits per heavy atom. The number of ether oxygens (including phenoxy) is 2. The Labute approximate surface area is 127 Å². The lowest BCUT2D eigenvalue weighted by atomic mass is 9.80. The molecule has 0 saturated heterocycles. The maximum atomic E-state index is 12.2. The quantitative estimate of drug-likeness (QED) is 0.879. The van der Waals surface area contributed by atoms with Crippen LogP contribution in [0.5, 0.6) is 11.5 Å². The lowest BCUT2D eigenvalue weighted by Crippen LogP contribution is -2.47. The molecule has 2 aliphatic rings. The average molecular weight is 303 g/mol. The van der Waals surface area contributed by atoms with E-state index in [0.29, 0.717) is 29.9 Å². The first-order valence-corrected chi connectivity index (χ1v) is 7.12. The van der Waals surface area contributed by atoms with Gasteiger partial charge in [0.2, 0.25) is 0 Å². The summed E-state index contributed by atoms with van der Waals surface area (Å²) in [5, 5.41) is 11.7. The summed E-state index contributed by atoms with van der Waals surface area (Å²) in [5.41, 5.74) is 1.33. The number of nitrogens with one attached hydrogen (secondary N) is 1. The Kier molecular flexibility index (Phi) is 3.75. The molecule has 2 N–H and O–H groups in total. The maximum absolute atomic E-state index is 12.2. The predicted molar refractivity (Wildman–Crippen MR) is 78.8 cm³/mol. The summed E-state index contributed by atoms with van der Waals surface area (Å²) in [6, 6.07) is 5.43. The van der Waals surface area contributed by atoms with Crippen LogP contribution in [-0.4, -0.2) is 36.7 Å². The lowest BCUT2D eigenvalue weighted by molar-refractivity contribution is -0.146. The average Bonchev–Trinajstić information content (AvgIpc) is 2.48. The lowest BCUT2D eigenvalue weighted by Gasteiger charge is -2.33. The van der Waals surface area contributed by atoms with Crippen molar-refractivity contribution in [1.82, 2.24) is 5.32 Å². The molecular formula is C16H17NO5. The highest BCUT2D eigenvalue weighted by molar-refractivity contribution is 5.99. The summed E-state index contributed by atoms with van der Waals surface area (Å²) in [7, 11) is 1.57. The third-order valence-electron chi connectivity index (χ3n) is 4.05. The number of para-hydroxylation sites is 1. The number of benzene rings is 1.